The second kappa shape index (κ2) is 11.3. The molecule has 194 valence electrons. The first-order valence-electron chi connectivity index (χ1n) is 11.9. The van der Waals surface area contributed by atoms with Crippen LogP contribution in [0.15, 0.2) is 29.8 Å². The highest BCUT2D eigenvalue weighted by Crippen LogP contribution is 2.28. The average Bonchev–Trinajstić information content (AvgIpc) is 3.40. The van der Waals surface area contributed by atoms with Gasteiger partial charge in [-0.1, -0.05) is 45.0 Å². The highest BCUT2D eigenvalue weighted by atomic mass is 32.1. The number of benzene rings is 1. The number of amides is 3. The minimum atomic E-state index is -0.951. The lowest BCUT2D eigenvalue weighted by Crippen LogP contribution is -2.57. The fraction of sp³-hybridized carbons (Fsp3) is 0.500. The number of aliphatic hydroxyl groups excluding tert-OH is 1. The van der Waals surface area contributed by atoms with Gasteiger partial charge in [-0.25, -0.2) is 4.98 Å². The first kappa shape index (κ1) is 27.5. The van der Waals surface area contributed by atoms with Crippen molar-refractivity contribution in [2.45, 2.75) is 72.2 Å². The maximum atomic E-state index is 13.5. The van der Waals surface area contributed by atoms with Crippen molar-refractivity contribution in [1.82, 2.24) is 20.5 Å². The normalized spacial score (nSPS) is 18.6. The molecule has 3 N–H and O–H groups in total. The number of rotatable bonds is 8. The fourth-order valence-corrected chi connectivity index (χ4v) is 5.03. The van der Waals surface area contributed by atoms with Gasteiger partial charge in [0.1, 0.15) is 17.9 Å². The molecule has 0 radical (unpaired) electrons. The monoisotopic (exact) mass is 514 g/mol. The number of carbonyl (C=O) groups is 4. The number of thiazole rings is 1. The molecule has 9 nitrogen and oxygen atoms in total. The molecule has 1 aromatic heterocycles. The molecule has 0 spiro atoms. The van der Waals surface area contributed by atoms with Crippen LogP contribution in [0.4, 0.5) is 0 Å². The largest absolute Gasteiger partial charge is 0.391 e. The van der Waals surface area contributed by atoms with Crippen molar-refractivity contribution in [3.8, 4) is 10.4 Å². The number of β-amino-alcohol motifs (C(OH)–C–C–N with tert-alkyl or cyclic N) is 1. The number of Topliss-reactive ketones (excluding diaryl/α,β-unsaturated/α-hetero) is 1. The van der Waals surface area contributed by atoms with Crippen molar-refractivity contribution in [3.63, 3.8) is 0 Å². The van der Waals surface area contributed by atoms with Gasteiger partial charge >= 0.3 is 0 Å². The van der Waals surface area contributed by atoms with Gasteiger partial charge in [-0.2, -0.15) is 0 Å². The average molecular weight is 515 g/mol. The molecule has 10 heteroatoms. The molecule has 1 aromatic carbocycles. The summed E-state index contributed by atoms with van der Waals surface area (Å²) < 4.78 is 0. The van der Waals surface area contributed by atoms with Gasteiger partial charge in [-0.05, 0) is 30.4 Å². The Morgan fingerprint density at radius 3 is 2.42 bits per heavy atom. The van der Waals surface area contributed by atoms with Crippen molar-refractivity contribution in [2.75, 3.05) is 6.54 Å². The first-order valence-corrected chi connectivity index (χ1v) is 12.8. The lowest BCUT2D eigenvalue weighted by atomic mass is 9.85. The molecule has 1 saturated heterocycles. The van der Waals surface area contributed by atoms with Gasteiger partial charge in [0, 0.05) is 19.5 Å². The van der Waals surface area contributed by atoms with E-state index in [0.717, 1.165) is 21.7 Å². The van der Waals surface area contributed by atoms with E-state index in [1.807, 2.05) is 31.2 Å². The molecule has 0 aliphatic carbocycles. The zero-order valence-corrected chi connectivity index (χ0v) is 22.1. The summed E-state index contributed by atoms with van der Waals surface area (Å²) in [6, 6.07) is 6.01. The highest BCUT2D eigenvalue weighted by molar-refractivity contribution is 7.13. The van der Waals surface area contributed by atoms with E-state index in [2.05, 4.69) is 15.6 Å². The molecule has 3 amide bonds. The van der Waals surface area contributed by atoms with Crippen LogP contribution >= 0.6 is 11.3 Å². The van der Waals surface area contributed by atoms with Gasteiger partial charge in [-0.3, -0.25) is 19.2 Å². The molecule has 1 aliphatic rings. The number of aromatic nitrogens is 1. The molecule has 0 unspecified atom stereocenters. The topological polar surface area (TPSA) is 129 Å². The summed E-state index contributed by atoms with van der Waals surface area (Å²) in [6.07, 6.45) is -1.06. The Kier molecular flexibility index (Phi) is 8.63. The molecule has 1 aliphatic heterocycles. The van der Waals surface area contributed by atoms with Gasteiger partial charge < -0.3 is 20.6 Å². The Labute approximate surface area is 215 Å². The third kappa shape index (κ3) is 6.76. The van der Waals surface area contributed by atoms with E-state index >= 15 is 0 Å². The Morgan fingerprint density at radius 1 is 1.19 bits per heavy atom. The lowest BCUT2D eigenvalue weighted by molar-refractivity contribution is -0.144. The molecule has 3 rings (SSSR count). The maximum absolute atomic E-state index is 13.5. The number of nitrogens with one attached hydrogen (secondary N) is 2. The number of aliphatic hydroxyl groups is 1. The predicted molar refractivity (Wildman–Crippen MR) is 137 cm³/mol. The molecule has 0 bridgehead atoms. The second-order valence-corrected chi connectivity index (χ2v) is 11.2. The van der Waals surface area contributed by atoms with E-state index in [1.54, 1.807) is 37.6 Å². The van der Waals surface area contributed by atoms with Crippen LogP contribution in [-0.4, -0.2) is 63.2 Å². The Balaban J connectivity index is 1.68. The van der Waals surface area contributed by atoms with E-state index in [1.165, 1.54) is 11.8 Å². The van der Waals surface area contributed by atoms with Crippen LogP contribution in [0.1, 0.15) is 51.8 Å². The van der Waals surface area contributed by atoms with Crippen molar-refractivity contribution in [2.24, 2.45) is 5.41 Å². The molecule has 0 saturated carbocycles. The Hall–Kier alpha value is -3.11. The third-order valence-electron chi connectivity index (χ3n) is 6.12. The second-order valence-electron chi connectivity index (χ2n) is 10.3. The molecule has 1 fully saturated rings. The predicted octanol–water partition coefficient (Wildman–Crippen LogP) is 2.21. The molecule has 2 aromatic rings. The number of nitrogens with zero attached hydrogens (tertiary/aromatic N) is 2. The number of hydrogen-bond donors (Lipinski definition) is 3. The number of aryl methyl sites for hydroxylation is 1. The highest BCUT2D eigenvalue weighted by Gasteiger charge is 2.44. The Morgan fingerprint density at radius 2 is 1.86 bits per heavy atom. The van der Waals surface area contributed by atoms with E-state index in [4.69, 9.17) is 0 Å². The van der Waals surface area contributed by atoms with Gasteiger partial charge in [-0.15, -0.1) is 11.3 Å². The van der Waals surface area contributed by atoms with Crippen molar-refractivity contribution in [1.29, 1.82) is 0 Å². The summed E-state index contributed by atoms with van der Waals surface area (Å²) in [7, 11) is 0. The zero-order chi connectivity index (χ0) is 26.6. The number of carbonyl (C=O) groups excluding carboxylic acids is 4. The van der Waals surface area contributed by atoms with E-state index in [9.17, 15) is 24.3 Å². The van der Waals surface area contributed by atoms with Gasteiger partial charge in [0.2, 0.25) is 17.7 Å². The molecule has 36 heavy (non-hydrogen) atoms. The summed E-state index contributed by atoms with van der Waals surface area (Å²) in [4.78, 5) is 56.8. The summed E-state index contributed by atoms with van der Waals surface area (Å²) in [5, 5.41) is 15.8. The minimum Gasteiger partial charge on any atom is -0.391 e. The van der Waals surface area contributed by atoms with Gasteiger partial charge in [0.25, 0.3) is 0 Å². The van der Waals surface area contributed by atoms with Gasteiger partial charge in [0.05, 0.1) is 28.6 Å². The first-order chi connectivity index (χ1) is 16.9. The zero-order valence-electron chi connectivity index (χ0n) is 21.3. The van der Waals surface area contributed by atoms with E-state index in [0.29, 0.717) is 0 Å². The number of ketones is 1. The van der Waals surface area contributed by atoms with Crippen LogP contribution in [0, 0.1) is 12.3 Å². The Bertz CT molecular complexity index is 1120. The van der Waals surface area contributed by atoms with Crippen LogP contribution in [-0.2, 0) is 25.7 Å². The maximum Gasteiger partial charge on any atom is 0.246 e. The molecular weight excluding hydrogens is 480 g/mol. The SMILES string of the molecule is CC(=O)CC(=O)N[C@H](C(=O)N1C[C@H](O)C[C@H]1C(=O)NCc1ccc(-c2scnc2C)cc1)C(C)(C)C. The quantitative estimate of drug-likeness (QED) is 0.464. The summed E-state index contributed by atoms with van der Waals surface area (Å²) in [5.41, 5.74) is 4.06. The van der Waals surface area contributed by atoms with Gasteiger partial charge in [0.15, 0.2) is 0 Å². The fourth-order valence-electron chi connectivity index (χ4n) is 4.22. The minimum absolute atomic E-state index is 0.00498. The third-order valence-corrected chi connectivity index (χ3v) is 7.10. The van der Waals surface area contributed by atoms with Crippen LogP contribution in [0.3, 0.4) is 0 Å². The summed E-state index contributed by atoms with van der Waals surface area (Å²) in [5.74, 6) is -1.68. The van der Waals surface area contributed by atoms with E-state index in [-0.39, 0.29) is 37.6 Å². The van der Waals surface area contributed by atoms with Crippen LogP contribution in [0.2, 0.25) is 0 Å². The number of likely N-dealkylation sites (tertiary alicyclic amines) is 1. The molecule has 2 heterocycles. The molecule has 3 atom stereocenters. The van der Waals surface area contributed by atoms with Crippen molar-refractivity contribution < 1.29 is 24.3 Å². The summed E-state index contributed by atoms with van der Waals surface area (Å²) >= 11 is 1.57. The lowest BCUT2D eigenvalue weighted by Gasteiger charge is -2.35. The molecular formula is C26H34N4O5S. The van der Waals surface area contributed by atoms with Crippen LogP contribution in [0.5, 0.6) is 0 Å². The van der Waals surface area contributed by atoms with Crippen LogP contribution in [0.25, 0.3) is 10.4 Å². The van der Waals surface area contributed by atoms with Crippen molar-refractivity contribution >= 4 is 34.8 Å². The summed E-state index contributed by atoms with van der Waals surface area (Å²) in [6.45, 7) is 8.91. The standard InChI is InChI=1S/C26H34N4O5S/c1-15(31)10-21(33)29-23(26(3,4)5)25(35)30-13-19(32)11-20(30)24(34)27-12-17-6-8-18(9-7-17)22-16(2)28-14-36-22/h6-9,14,19-20,23,32H,10-13H2,1-5H3,(H,27,34)(H,29,33)/t19-,20+,23-/m1/s1. The smallest absolute Gasteiger partial charge is 0.246 e. The number of hydrogen-bond acceptors (Lipinski definition) is 7. The van der Waals surface area contributed by atoms with E-state index < -0.39 is 35.4 Å². The van der Waals surface area contributed by atoms with Crippen LogP contribution < -0.4 is 10.6 Å². The van der Waals surface area contributed by atoms with Crippen molar-refractivity contribution in [3.05, 3.63) is 41.0 Å².